The number of benzene rings is 1. The summed E-state index contributed by atoms with van der Waals surface area (Å²) in [7, 11) is 3.20. The number of nitrogens with zero attached hydrogens (tertiary/aromatic N) is 5. The van der Waals surface area contributed by atoms with Gasteiger partial charge in [-0.05, 0) is 12.1 Å². The third kappa shape index (κ3) is 4.26. The third-order valence-electron chi connectivity index (χ3n) is 3.33. The highest BCUT2D eigenvalue weighted by atomic mass is 35.5. The Morgan fingerprint density at radius 1 is 1.36 bits per heavy atom. The van der Waals surface area contributed by atoms with Crippen LogP contribution in [0.25, 0.3) is 5.69 Å². The summed E-state index contributed by atoms with van der Waals surface area (Å²) >= 11 is 12.0. The van der Waals surface area contributed by atoms with Gasteiger partial charge in [0.1, 0.15) is 17.3 Å². The number of halogens is 6. The van der Waals surface area contributed by atoms with Crippen molar-refractivity contribution in [2.45, 2.75) is 6.18 Å². The van der Waals surface area contributed by atoms with Crippen LogP contribution in [0.2, 0.25) is 10.0 Å². The van der Waals surface area contributed by atoms with Gasteiger partial charge in [-0.2, -0.15) is 23.5 Å². The summed E-state index contributed by atoms with van der Waals surface area (Å²) < 4.78 is 52.7. The number of hydrogen-bond acceptors (Lipinski definition) is 4. The fourth-order valence-electron chi connectivity index (χ4n) is 2.19. The minimum atomic E-state index is -4.70. The SMILES string of the molecule is CN(C)C=Nc1c(C(=O)CF)c(C#N)nn1-c1c(Cl)cc(C(F)(F)F)cc1Cl. The highest BCUT2D eigenvalue weighted by Gasteiger charge is 2.33. The summed E-state index contributed by atoms with van der Waals surface area (Å²) in [6.07, 6.45) is -3.47. The Morgan fingerprint density at radius 3 is 2.36 bits per heavy atom. The van der Waals surface area contributed by atoms with Crippen molar-refractivity contribution in [3.05, 3.63) is 39.0 Å². The van der Waals surface area contributed by atoms with E-state index in [9.17, 15) is 27.6 Å². The van der Waals surface area contributed by atoms with Crippen molar-refractivity contribution in [1.82, 2.24) is 14.7 Å². The van der Waals surface area contributed by atoms with Crippen molar-refractivity contribution in [2.24, 2.45) is 4.99 Å². The molecule has 0 aliphatic rings. The molecule has 1 heterocycles. The number of rotatable bonds is 5. The summed E-state index contributed by atoms with van der Waals surface area (Å²) in [5.41, 5.74) is -2.25. The maximum absolute atomic E-state index is 13.0. The van der Waals surface area contributed by atoms with Crippen LogP contribution in [-0.4, -0.2) is 47.6 Å². The second-order valence-electron chi connectivity index (χ2n) is 5.62. The normalized spacial score (nSPS) is 11.7. The third-order valence-corrected chi connectivity index (χ3v) is 3.91. The van der Waals surface area contributed by atoms with Crippen molar-refractivity contribution in [2.75, 3.05) is 20.8 Å². The highest BCUT2D eigenvalue weighted by molar-refractivity contribution is 6.38. The van der Waals surface area contributed by atoms with Crippen molar-refractivity contribution in [1.29, 1.82) is 5.26 Å². The van der Waals surface area contributed by atoms with Crippen LogP contribution in [0.3, 0.4) is 0 Å². The average Bonchev–Trinajstić information content (AvgIpc) is 2.96. The number of carbonyl (C=O) groups is 1. The first-order valence-corrected chi connectivity index (χ1v) is 8.16. The van der Waals surface area contributed by atoms with Crippen LogP contribution >= 0.6 is 23.2 Å². The van der Waals surface area contributed by atoms with Crippen molar-refractivity contribution < 1.29 is 22.4 Å². The van der Waals surface area contributed by atoms with E-state index in [1.807, 2.05) is 0 Å². The molecule has 0 fully saturated rings. The Labute approximate surface area is 166 Å². The Bertz CT molecular complexity index is 969. The van der Waals surface area contributed by atoms with Gasteiger partial charge in [0.05, 0.1) is 21.9 Å². The Hall–Kier alpha value is -2.64. The molecule has 6 nitrogen and oxygen atoms in total. The van der Waals surface area contributed by atoms with Crippen molar-refractivity contribution in [3.8, 4) is 11.8 Å². The van der Waals surface area contributed by atoms with Gasteiger partial charge in [-0.15, -0.1) is 0 Å². The summed E-state index contributed by atoms with van der Waals surface area (Å²) in [6.45, 7) is -1.43. The van der Waals surface area contributed by atoms with Crippen LogP contribution in [-0.2, 0) is 6.18 Å². The highest BCUT2D eigenvalue weighted by Crippen LogP contribution is 2.39. The van der Waals surface area contributed by atoms with Crippen molar-refractivity contribution >= 4 is 41.1 Å². The van der Waals surface area contributed by atoms with Gasteiger partial charge < -0.3 is 4.90 Å². The smallest absolute Gasteiger partial charge is 0.369 e. The maximum atomic E-state index is 13.0. The Kier molecular flexibility index (Phi) is 6.31. The molecule has 12 heteroatoms. The number of hydrogen-bond donors (Lipinski definition) is 0. The molecule has 0 atom stereocenters. The molecule has 0 aliphatic carbocycles. The number of alkyl halides is 4. The predicted octanol–water partition coefficient (Wildman–Crippen LogP) is 4.44. The first-order valence-electron chi connectivity index (χ1n) is 7.40. The van der Waals surface area contributed by atoms with E-state index in [1.54, 1.807) is 20.2 Å². The van der Waals surface area contributed by atoms with E-state index >= 15 is 0 Å². The zero-order valence-electron chi connectivity index (χ0n) is 14.4. The molecule has 0 saturated heterocycles. The number of carbonyl (C=O) groups excluding carboxylic acids is 1. The van der Waals surface area contributed by atoms with Gasteiger partial charge in [0.25, 0.3) is 0 Å². The number of Topliss-reactive ketones (excluding diaryl/α,β-unsaturated/α-hetero) is 1. The van der Waals surface area contributed by atoms with Gasteiger partial charge in [-0.3, -0.25) is 4.79 Å². The van der Waals surface area contributed by atoms with E-state index in [0.717, 1.165) is 4.68 Å². The molecule has 0 saturated carbocycles. The number of nitriles is 1. The fraction of sp³-hybridized carbons (Fsp3) is 0.250. The lowest BCUT2D eigenvalue weighted by atomic mass is 10.1. The molecule has 1 aromatic heterocycles. The molecule has 148 valence electrons. The number of aromatic nitrogens is 2. The zero-order valence-corrected chi connectivity index (χ0v) is 15.9. The Balaban J connectivity index is 2.84. The standard InChI is InChI=1S/C16H11Cl2F4N5O/c1-26(2)7-24-15-13(12(28)5-19)11(6-23)25-27(15)14-9(17)3-8(4-10(14)18)16(20,21)22/h3-4,7H,5H2,1-2H3. The van der Waals surface area contributed by atoms with E-state index in [-0.39, 0.29) is 11.5 Å². The molecule has 28 heavy (non-hydrogen) atoms. The van der Waals surface area contributed by atoms with Gasteiger partial charge in [-0.25, -0.2) is 14.1 Å². The largest absolute Gasteiger partial charge is 0.416 e. The minimum absolute atomic E-state index is 0.239. The first kappa shape index (κ1) is 21.7. The predicted molar refractivity (Wildman–Crippen MR) is 95.4 cm³/mol. The van der Waals surface area contributed by atoms with Gasteiger partial charge in [0.15, 0.2) is 18.2 Å². The van der Waals surface area contributed by atoms with Gasteiger partial charge >= 0.3 is 6.18 Å². The second kappa shape index (κ2) is 8.16. The van der Waals surface area contributed by atoms with E-state index < -0.39 is 45.5 Å². The molecule has 0 aliphatic heterocycles. The maximum Gasteiger partial charge on any atom is 0.416 e. The molecule has 0 N–H and O–H groups in total. The monoisotopic (exact) mass is 435 g/mol. The fourth-order valence-corrected chi connectivity index (χ4v) is 2.83. The summed E-state index contributed by atoms with van der Waals surface area (Å²) in [5, 5.41) is 12.2. The molecular weight excluding hydrogens is 425 g/mol. The zero-order chi connectivity index (χ0) is 21.2. The average molecular weight is 436 g/mol. The number of aliphatic imine (C=N–C) groups is 1. The Morgan fingerprint density at radius 2 is 1.93 bits per heavy atom. The van der Waals surface area contributed by atoms with Crippen molar-refractivity contribution in [3.63, 3.8) is 0 Å². The van der Waals surface area contributed by atoms with Crippen LogP contribution in [0.4, 0.5) is 23.4 Å². The van der Waals surface area contributed by atoms with E-state index in [0.29, 0.717) is 12.1 Å². The number of ketones is 1. The van der Waals surface area contributed by atoms with Crippen LogP contribution in [0.5, 0.6) is 0 Å². The molecule has 2 aromatic rings. The van der Waals surface area contributed by atoms with E-state index in [4.69, 9.17) is 23.2 Å². The first-order chi connectivity index (χ1) is 13.0. The van der Waals surface area contributed by atoms with Crippen LogP contribution in [0.15, 0.2) is 17.1 Å². The molecule has 0 bridgehead atoms. The van der Waals surface area contributed by atoms with Crippen LogP contribution in [0.1, 0.15) is 21.6 Å². The van der Waals surface area contributed by atoms with Gasteiger partial charge in [-0.1, -0.05) is 23.2 Å². The molecule has 0 unspecified atom stereocenters. The topological polar surface area (TPSA) is 74.3 Å². The summed E-state index contributed by atoms with van der Waals surface area (Å²) in [4.78, 5) is 17.4. The molecule has 0 spiro atoms. The van der Waals surface area contributed by atoms with E-state index in [1.165, 1.54) is 11.2 Å². The van der Waals surface area contributed by atoms with E-state index in [2.05, 4.69) is 10.1 Å². The lowest BCUT2D eigenvalue weighted by Gasteiger charge is -2.13. The molecular formula is C16H11Cl2F4N5O. The van der Waals surface area contributed by atoms with Crippen LogP contribution in [0, 0.1) is 11.3 Å². The molecule has 2 rings (SSSR count). The summed E-state index contributed by atoms with van der Waals surface area (Å²) in [5.74, 6) is -1.37. The van der Waals surface area contributed by atoms with Gasteiger partial charge in [0.2, 0.25) is 5.78 Å². The molecule has 1 aromatic carbocycles. The van der Waals surface area contributed by atoms with Gasteiger partial charge in [0, 0.05) is 14.1 Å². The molecule has 0 radical (unpaired) electrons. The van der Waals surface area contributed by atoms with Crippen LogP contribution < -0.4 is 0 Å². The second-order valence-corrected chi connectivity index (χ2v) is 6.44. The lowest BCUT2D eigenvalue weighted by Crippen LogP contribution is -2.09. The minimum Gasteiger partial charge on any atom is -0.369 e. The molecule has 0 amide bonds. The lowest BCUT2D eigenvalue weighted by molar-refractivity contribution is -0.137. The summed E-state index contributed by atoms with van der Waals surface area (Å²) in [6, 6.07) is 2.87. The quantitative estimate of drug-likeness (QED) is 0.301.